The lowest BCUT2D eigenvalue weighted by molar-refractivity contribution is -0.151. The van der Waals surface area contributed by atoms with Crippen molar-refractivity contribution in [2.24, 2.45) is 11.8 Å². The molecule has 2 amide bonds. The van der Waals surface area contributed by atoms with Crippen molar-refractivity contribution in [3.8, 4) is 0 Å². The van der Waals surface area contributed by atoms with Crippen molar-refractivity contribution in [2.45, 2.75) is 59.5 Å². The van der Waals surface area contributed by atoms with Gasteiger partial charge in [-0.1, -0.05) is 40.5 Å². The van der Waals surface area contributed by atoms with Crippen molar-refractivity contribution in [3.63, 3.8) is 0 Å². The molecule has 4 unspecified atom stereocenters. The van der Waals surface area contributed by atoms with Crippen molar-refractivity contribution in [1.29, 1.82) is 0 Å². The molecule has 0 radical (unpaired) electrons. The Labute approximate surface area is 110 Å². The number of piperazine rings is 1. The van der Waals surface area contributed by atoms with Crippen LogP contribution in [0, 0.1) is 11.8 Å². The predicted octanol–water partition coefficient (Wildman–Crippen LogP) is 1.79. The number of amides is 2. The van der Waals surface area contributed by atoms with Crippen molar-refractivity contribution >= 4 is 11.8 Å². The molecule has 0 aromatic heterocycles. The van der Waals surface area contributed by atoms with Gasteiger partial charge in [-0.2, -0.15) is 0 Å². The van der Waals surface area contributed by atoms with Gasteiger partial charge < -0.3 is 10.2 Å². The summed E-state index contributed by atoms with van der Waals surface area (Å²) < 4.78 is 0. The van der Waals surface area contributed by atoms with Gasteiger partial charge in [0.25, 0.3) is 0 Å². The number of carbonyl (C=O) groups excluding carboxylic acids is 2. The van der Waals surface area contributed by atoms with Gasteiger partial charge in [0.1, 0.15) is 12.1 Å². The van der Waals surface area contributed by atoms with Gasteiger partial charge in [0, 0.05) is 6.54 Å². The molecule has 1 heterocycles. The first kappa shape index (κ1) is 15.0. The summed E-state index contributed by atoms with van der Waals surface area (Å²) >= 11 is 0. The van der Waals surface area contributed by atoms with Crippen molar-refractivity contribution in [3.05, 3.63) is 0 Å². The molecule has 0 spiro atoms. The SMILES string of the molecule is CCC(C)CN1C(=O)C(C)NC(=O)C1C(C)CC. The first-order chi connectivity index (χ1) is 8.42. The molecule has 0 aliphatic carbocycles. The minimum Gasteiger partial charge on any atom is -0.343 e. The summed E-state index contributed by atoms with van der Waals surface area (Å²) in [5, 5.41) is 2.79. The van der Waals surface area contributed by atoms with Gasteiger partial charge in [0.05, 0.1) is 0 Å². The van der Waals surface area contributed by atoms with E-state index in [9.17, 15) is 9.59 Å². The van der Waals surface area contributed by atoms with Gasteiger partial charge in [0.15, 0.2) is 0 Å². The normalized spacial score (nSPS) is 27.9. The lowest BCUT2D eigenvalue weighted by atomic mass is 9.92. The molecule has 4 heteroatoms. The van der Waals surface area contributed by atoms with E-state index in [4.69, 9.17) is 0 Å². The van der Waals surface area contributed by atoms with Crippen LogP contribution in [0.2, 0.25) is 0 Å². The zero-order valence-electron chi connectivity index (χ0n) is 12.2. The van der Waals surface area contributed by atoms with E-state index in [2.05, 4.69) is 26.1 Å². The van der Waals surface area contributed by atoms with Crippen LogP contribution in [-0.4, -0.2) is 35.3 Å². The summed E-state index contributed by atoms with van der Waals surface area (Å²) in [5.41, 5.74) is 0. The topological polar surface area (TPSA) is 49.4 Å². The van der Waals surface area contributed by atoms with Gasteiger partial charge >= 0.3 is 0 Å². The fraction of sp³-hybridized carbons (Fsp3) is 0.857. The van der Waals surface area contributed by atoms with Crippen LogP contribution < -0.4 is 5.32 Å². The largest absolute Gasteiger partial charge is 0.343 e. The Morgan fingerprint density at radius 1 is 1.22 bits per heavy atom. The smallest absolute Gasteiger partial charge is 0.245 e. The fourth-order valence-corrected chi connectivity index (χ4v) is 2.35. The summed E-state index contributed by atoms with van der Waals surface area (Å²) in [6.07, 6.45) is 1.92. The highest BCUT2D eigenvalue weighted by molar-refractivity contribution is 5.96. The maximum Gasteiger partial charge on any atom is 0.245 e. The number of hydrogen-bond acceptors (Lipinski definition) is 2. The molecule has 1 saturated heterocycles. The standard InChI is InChI=1S/C14H26N2O2/c1-6-9(3)8-16-12(10(4)7-2)13(17)15-11(5)14(16)18/h9-12H,6-8H2,1-5H3,(H,15,17). The zero-order chi connectivity index (χ0) is 13.9. The summed E-state index contributed by atoms with van der Waals surface area (Å²) in [6.45, 7) is 10.8. The van der Waals surface area contributed by atoms with E-state index in [0.29, 0.717) is 12.5 Å². The molecule has 0 saturated carbocycles. The number of nitrogens with one attached hydrogen (secondary N) is 1. The van der Waals surface area contributed by atoms with Crippen LogP contribution in [0.3, 0.4) is 0 Å². The highest BCUT2D eigenvalue weighted by atomic mass is 16.2. The van der Waals surface area contributed by atoms with Crippen LogP contribution in [-0.2, 0) is 9.59 Å². The summed E-state index contributed by atoms with van der Waals surface area (Å²) in [5.74, 6) is 0.684. The Morgan fingerprint density at radius 2 is 1.83 bits per heavy atom. The lowest BCUT2D eigenvalue weighted by Gasteiger charge is -2.41. The van der Waals surface area contributed by atoms with Gasteiger partial charge in [0.2, 0.25) is 11.8 Å². The predicted molar refractivity (Wildman–Crippen MR) is 72.0 cm³/mol. The molecular formula is C14H26N2O2. The summed E-state index contributed by atoms with van der Waals surface area (Å²) in [4.78, 5) is 26.2. The molecule has 1 rings (SSSR count). The molecule has 0 aromatic rings. The maximum atomic E-state index is 12.3. The van der Waals surface area contributed by atoms with E-state index in [-0.39, 0.29) is 29.8 Å². The highest BCUT2D eigenvalue weighted by Crippen LogP contribution is 2.21. The first-order valence-corrected chi connectivity index (χ1v) is 7.03. The molecule has 1 aliphatic heterocycles. The number of hydrogen-bond donors (Lipinski definition) is 1. The monoisotopic (exact) mass is 254 g/mol. The van der Waals surface area contributed by atoms with E-state index in [1.807, 2.05) is 6.92 Å². The first-order valence-electron chi connectivity index (χ1n) is 7.03. The van der Waals surface area contributed by atoms with E-state index in [1.54, 1.807) is 11.8 Å². The van der Waals surface area contributed by atoms with Gasteiger partial charge in [-0.3, -0.25) is 9.59 Å². The second-order valence-corrected chi connectivity index (χ2v) is 5.56. The van der Waals surface area contributed by atoms with Crippen LogP contribution in [0.1, 0.15) is 47.5 Å². The molecule has 0 aromatic carbocycles. The Balaban J connectivity index is 2.93. The van der Waals surface area contributed by atoms with E-state index < -0.39 is 0 Å². The van der Waals surface area contributed by atoms with E-state index in [1.165, 1.54) is 0 Å². The number of rotatable bonds is 5. The zero-order valence-corrected chi connectivity index (χ0v) is 12.2. The lowest BCUT2D eigenvalue weighted by Crippen LogP contribution is -2.64. The fourth-order valence-electron chi connectivity index (χ4n) is 2.35. The average Bonchev–Trinajstić information content (AvgIpc) is 2.34. The summed E-state index contributed by atoms with van der Waals surface area (Å²) in [7, 11) is 0. The molecule has 18 heavy (non-hydrogen) atoms. The molecular weight excluding hydrogens is 228 g/mol. The molecule has 4 atom stereocenters. The number of carbonyl (C=O) groups is 2. The minimum absolute atomic E-state index is 0.000229. The van der Waals surface area contributed by atoms with Gasteiger partial charge in [-0.05, 0) is 18.8 Å². The third-order valence-electron chi connectivity index (χ3n) is 4.00. The Bertz CT molecular complexity index is 317. The molecule has 4 nitrogen and oxygen atoms in total. The van der Waals surface area contributed by atoms with Crippen LogP contribution in [0.25, 0.3) is 0 Å². The minimum atomic E-state index is -0.387. The third-order valence-corrected chi connectivity index (χ3v) is 4.00. The molecule has 1 N–H and O–H groups in total. The second-order valence-electron chi connectivity index (χ2n) is 5.56. The Hall–Kier alpha value is -1.06. The number of nitrogens with zero attached hydrogens (tertiary/aromatic N) is 1. The van der Waals surface area contributed by atoms with Crippen LogP contribution in [0.4, 0.5) is 0 Å². The molecule has 104 valence electrons. The van der Waals surface area contributed by atoms with Crippen LogP contribution in [0.15, 0.2) is 0 Å². The Morgan fingerprint density at radius 3 is 2.33 bits per heavy atom. The van der Waals surface area contributed by atoms with Crippen LogP contribution in [0.5, 0.6) is 0 Å². The van der Waals surface area contributed by atoms with Crippen molar-refractivity contribution in [2.75, 3.05) is 6.54 Å². The quantitative estimate of drug-likeness (QED) is 0.813. The van der Waals surface area contributed by atoms with Crippen molar-refractivity contribution < 1.29 is 9.59 Å². The van der Waals surface area contributed by atoms with E-state index in [0.717, 1.165) is 12.8 Å². The Kier molecular flexibility index (Phi) is 5.17. The summed E-state index contributed by atoms with van der Waals surface area (Å²) in [6, 6.07) is -0.686. The van der Waals surface area contributed by atoms with E-state index >= 15 is 0 Å². The molecule has 1 fully saturated rings. The van der Waals surface area contributed by atoms with Gasteiger partial charge in [-0.15, -0.1) is 0 Å². The third kappa shape index (κ3) is 3.03. The maximum absolute atomic E-state index is 12.3. The second kappa shape index (κ2) is 6.21. The molecule has 0 bridgehead atoms. The average molecular weight is 254 g/mol. The van der Waals surface area contributed by atoms with Crippen LogP contribution >= 0.6 is 0 Å². The van der Waals surface area contributed by atoms with Gasteiger partial charge in [-0.25, -0.2) is 0 Å². The van der Waals surface area contributed by atoms with Crippen molar-refractivity contribution in [1.82, 2.24) is 10.2 Å². The highest BCUT2D eigenvalue weighted by Gasteiger charge is 2.40. The molecule has 1 aliphatic rings.